The van der Waals surface area contributed by atoms with Crippen molar-refractivity contribution in [2.24, 2.45) is 0 Å². The maximum atomic E-state index is 12.0. The molecule has 0 saturated carbocycles. The minimum absolute atomic E-state index is 0.109. The van der Waals surface area contributed by atoms with Gasteiger partial charge in [0.1, 0.15) is 5.69 Å². The van der Waals surface area contributed by atoms with Crippen molar-refractivity contribution in [3.63, 3.8) is 0 Å². The van der Waals surface area contributed by atoms with E-state index in [2.05, 4.69) is 4.98 Å². The summed E-state index contributed by atoms with van der Waals surface area (Å²) in [5, 5.41) is 0. The molecule has 1 aromatic heterocycles. The number of pyridine rings is 1. The first-order chi connectivity index (χ1) is 5.41. The van der Waals surface area contributed by atoms with Crippen molar-refractivity contribution in [1.82, 2.24) is 4.98 Å². The van der Waals surface area contributed by atoms with E-state index in [0.29, 0.717) is 5.56 Å². The Hall–Kier alpha value is -1.26. The molecule has 0 amide bonds. The van der Waals surface area contributed by atoms with Crippen LogP contribution in [0.15, 0.2) is 12.3 Å². The molecule has 0 atom stereocenters. The topological polar surface area (TPSA) is 38.9 Å². The lowest BCUT2D eigenvalue weighted by Crippen LogP contribution is -2.08. The minimum Gasteiger partial charge on any atom is -0.398 e. The molecule has 0 spiro atoms. The van der Waals surface area contributed by atoms with Gasteiger partial charge in [0, 0.05) is 11.9 Å². The smallest absolute Gasteiger partial charge is 0.398 e. The number of aromatic nitrogens is 1. The Morgan fingerprint density at radius 3 is 2.42 bits per heavy atom. The highest BCUT2D eigenvalue weighted by Gasteiger charge is 2.32. The largest absolute Gasteiger partial charge is 0.433 e. The zero-order valence-corrected chi connectivity index (χ0v) is 6.31. The third-order valence-corrected chi connectivity index (χ3v) is 1.44. The van der Waals surface area contributed by atoms with Gasteiger partial charge in [0.15, 0.2) is 0 Å². The number of anilines is 1. The number of hydrogen-bond donors (Lipinski definition) is 1. The van der Waals surface area contributed by atoms with Gasteiger partial charge in [-0.2, -0.15) is 13.2 Å². The molecule has 2 nitrogen and oxygen atoms in total. The van der Waals surface area contributed by atoms with Crippen LogP contribution in [0.25, 0.3) is 0 Å². The Morgan fingerprint density at radius 1 is 1.42 bits per heavy atom. The van der Waals surface area contributed by atoms with Crippen molar-refractivity contribution < 1.29 is 13.2 Å². The average molecular weight is 176 g/mol. The van der Waals surface area contributed by atoms with Gasteiger partial charge in [-0.3, -0.25) is 4.98 Å². The summed E-state index contributed by atoms with van der Waals surface area (Å²) in [7, 11) is 0. The van der Waals surface area contributed by atoms with Gasteiger partial charge in [-0.05, 0) is 18.6 Å². The van der Waals surface area contributed by atoms with Crippen molar-refractivity contribution in [3.8, 4) is 0 Å². The molecule has 1 rings (SSSR count). The van der Waals surface area contributed by atoms with Gasteiger partial charge in [0.2, 0.25) is 0 Å². The fourth-order valence-corrected chi connectivity index (χ4v) is 0.694. The molecule has 0 bridgehead atoms. The summed E-state index contributed by atoms with van der Waals surface area (Å²) in [5.41, 5.74) is 4.98. The Balaban J connectivity index is 3.14. The summed E-state index contributed by atoms with van der Waals surface area (Å²) in [6.07, 6.45) is -3.31. The first-order valence-electron chi connectivity index (χ1n) is 3.20. The van der Waals surface area contributed by atoms with E-state index in [1.165, 1.54) is 0 Å². The van der Waals surface area contributed by atoms with E-state index in [-0.39, 0.29) is 5.69 Å². The molecule has 2 N–H and O–H groups in total. The van der Waals surface area contributed by atoms with Crippen molar-refractivity contribution in [2.75, 3.05) is 5.73 Å². The highest BCUT2D eigenvalue weighted by atomic mass is 19.4. The first kappa shape index (κ1) is 8.83. The summed E-state index contributed by atoms with van der Waals surface area (Å²) >= 11 is 0. The molecule has 1 heterocycles. The number of nitrogens with zero attached hydrogens (tertiary/aromatic N) is 1. The molecule has 0 fully saturated rings. The standard InChI is InChI=1S/C7H7F3N2/c1-4-3-12-6(2-5(4)11)7(8,9)10/h2-3H,1H3,(H2,11,12). The quantitative estimate of drug-likeness (QED) is 0.656. The fourth-order valence-electron chi connectivity index (χ4n) is 0.694. The van der Waals surface area contributed by atoms with Crippen LogP contribution in [0.5, 0.6) is 0 Å². The monoisotopic (exact) mass is 176 g/mol. The second-order valence-electron chi connectivity index (χ2n) is 2.42. The third-order valence-electron chi connectivity index (χ3n) is 1.44. The van der Waals surface area contributed by atoms with Gasteiger partial charge in [0.25, 0.3) is 0 Å². The maximum absolute atomic E-state index is 12.0. The van der Waals surface area contributed by atoms with Crippen LogP contribution in [0.3, 0.4) is 0 Å². The van der Waals surface area contributed by atoms with Crippen LogP contribution in [0.2, 0.25) is 0 Å². The molecule has 5 heteroatoms. The molecule has 0 aliphatic carbocycles. The molecule has 66 valence electrons. The Bertz CT molecular complexity index is 293. The maximum Gasteiger partial charge on any atom is 0.433 e. The van der Waals surface area contributed by atoms with Crippen LogP contribution in [0.1, 0.15) is 11.3 Å². The number of hydrogen-bond acceptors (Lipinski definition) is 2. The molecule has 0 unspecified atom stereocenters. The molecule has 1 aromatic rings. The van der Waals surface area contributed by atoms with Gasteiger partial charge in [-0.15, -0.1) is 0 Å². The summed E-state index contributed by atoms with van der Waals surface area (Å²) < 4.78 is 35.9. The van der Waals surface area contributed by atoms with Crippen LogP contribution in [0.4, 0.5) is 18.9 Å². The van der Waals surface area contributed by atoms with Crippen molar-refractivity contribution >= 4 is 5.69 Å². The van der Waals surface area contributed by atoms with Crippen LogP contribution < -0.4 is 5.73 Å². The second kappa shape index (κ2) is 2.66. The van der Waals surface area contributed by atoms with E-state index in [1.807, 2.05) is 0 Å². The number of halogens is 3. The molecule has 0 radical (unpaired) electrons. The predicted octanol–water partition coefficient (Wildman–Crippen LogP) is 1.99. The van der Waals surface area contributed by atoms with E-state index < -0.39 is 11.9 Å². The Kier molecular flexibility index (Phi) is 1.95. The van der Waals surface area contributed by atoms with Crippen LogP contribution in [-0.2, 0) is 6.18 Å². The lowest BCUT2D eigenvalue weighted by molar-refractivity contribution is -0.141. The third kappa shape index (κ3) is 1.66. The number of rotatable bonds is 0. The lowest BCUT2D eigenvalue weighted by Gasteiger charge is -2.06. The van der Waals surface area contributed by atoms with E-state index >= 15 is 0 Å². The number of aryl methyl sites for hydroxylation is 1. The van der Waals surface area contributed by atoms with Crippen molar-refractivity contribution in [2.45, 2.75) is 13.1 Å². The molecule has 0 saturated heterocycles. The molecule has 0 aromatic carbocycles. The van der Waals surface area contributed by atoms with E-state index in [1.54, 1.807) is 6.92 Å². The van der Waals surface area contributed by atoms with E-state index in [9.17, 15) is 13.2 Å². The van der Waals surface area contributed by atoms with Gasteiger partial charge in [-0.1, -0.05) is 0 Å². The molecular formula is C7H7F3N2. The Morgan fingerprint density at radius 2 is 2.00 bits per heavy atom. The number of nitrogens with two attached hydrogens (primary N) is 1. The lowest BCUT2D eigenvalue weighted by atomic mass is 10.2. The van der Waals surface area contributed by atoms with Gasteiger partial charge in [-0.25, -0.2) is 0 Å². The summed E-state index contributed by atoms with van der Waals surface area (Å²) in [5.74, 6) is 0. The number of alkyl halides is 3. The first-order valence-corrected chi connectivity index (χ1v) is 3.20. The van der Waals surface area contributed by atoms with E-state index in [4.69, 9.17) is 5.73 Å². The minimum atomic E-state index is -4.41. The predicted molar refractivity (Wildman–Crippen MR) is 38.4 cm³/mol. The zero-order valence-electron chi connectivity index (χ0n) is 6.31. The highest BCUT2D eigenvalue weighted by Crippen LogP contribution is 2.28. The highest BCUT2D eigenvalue weighted by molar-refractivity contribution is 5.45. The average Bonchev–Trinajstić information content (AvgIpc) is 1.92. The molecule has 12 heavy (non-hydrogen) atoms. The summed E-state index contributed by atoms with van der Waals surface area (Å²) in [6.45, 7) is 1.60. The zero-order chi connectivity index (χ0) is 9.35. The summed E-state index contributed by atoms with van der Waals surface area (Å²) in [6, 6.07) is 0.829. The molecule has 0 aliphatic heterocycles. The normalized spacial score (nSPS) is 11.7. The van der Waals surface area contributed by atoms with Crippen LogP contribution in [-0.4, -0.2) is 4.98 Å². The second-order valence-corrected chi connectivity index (χ2v) is 2.42. The van der Waals surface area contributed by atoms with E-state index in [0.717, 1.165) is 12.3 Å². The van der Waals surface area contributed by atoms with Crippen molar-refractivity contribution in [3.05, 3.63) is 23.5 Å². The van der Waals surface area contributed by atoms with Crippen LogP contribution in [0, 0.1) is 6.92 Å². The molecule has 0 aliphatic rings. The van der Waals surface area contributed by atoms with Crippen molar-refractivity contribution in [1.29, 1.82) is 0 Å². The SMILES string of the molecule is Cc1cnc(C(F)(F)F)cc1N. The van der Waals surface area contributed by atoms with Gasteiger partial charge < -0.3 is 5.73 Å². The fraction of sp³-hybridized carbons (Fsp3) is 0.286. The Labute approximate surface area is 67.2 Å². The van der Waals surface area contributed by atoms with Gasteiger partial charge >= 0.3 is 6.18 Å². The van der Waals surface area contributed by atoms with Crippen LogP contribution >= 0.6 is 0 Å². The number of nitrogen functional groups attached to an aromatic ring is 1. The molecular weight excluding hydrogens is 169 g/mol. The summed E-state index contributed by atoms with van der Waals surface area (Å²) in [4.78, 5) is 3.21. The van der Waals surface area contributed by atoms with Gasteiger partial charge in [0.05, 0.1) is 0 Å².